The number of aryl methyl sites for hydroxylation is 2. The quantitative estimate of drug-likeness (QED) is 0.464. The van der Waals surface area contributed by atoms with Crippen molar-refractivity contribution in [3.05, 3.63) is 79.1 Å². The van der Waals surface area contributed by atoms with Crippen LogP contribution in [0.3, 0.4) is 0 Å². The first-order valence-electron chi connectivity index (χ1n) is 7.97. The van der Waals surface area contributed by atoms with Crippen LogP contribution in [0.2, 0.25) is 10.0 Å². The topological polar surface area (TPSA) is 56.5 Å². The molecule has 0 radical (unpaired) electrons. The maximum absolute atomic E-state index is 12.1. The van der Waals surface area contributed by atoms with E-state index >= 15 is 0 Å². The Kier molecular flexibility index (Phi) is 5.35. The zero-order valence-electron chi connectivity index (χ0n) is 14.3. The first kappa shape index (κ1) is 18.5. The molecular formula is C20H16Cl2O4. The van der Waals surface area contributed by atoms with Crippen molar-refractivity contribution < 1.29 is 13.9 Å². The predicted octanol–water partition coefficient (Wildman–Crippen LogP) is 5.00. The number of carbonyl (C=O) groups excluding carboxylic acids is 1. The van der Waals surface area contributed by atoms with Crippen LogP contribution in [0.25, 0.3) is 11.0 Å². The first-order valence-corrected chi connectivity index (χ1v) is 8.73. The summed E-state index contributed by atoms with van der Waals surface area (Å²) in [4.78, 5) is 24.0. The van der Waals surface area contributed by atoms with Crippen molar-refractivity contribution in [1.29, 1.82) is 0 Å². The van der Waals surface area contributed by atoms with E-state index < -0.39 is 11.6 Å². The molecule has 3 aromatic rings. The van der Waals surface area contributed by atoms with E-state index in [1.807, 2.05) is 26.0 Å². The van der Waals surface area contributed by atoms with Crippen LogP contribution >= 0.6 is 23.2 Å². The van der Waals surface area contributed by atoms with E-state index in [4.69, 9.17) is 32.4 Å². The maximum atomic E-state index is 12.1. The van der Waals surface area contributed by atoms with Crippen LogP contribution in [-0.4, -0.2) is 5.97 Å². The molecule has 0 bridgehead atoms. The van der Waals surface area contributed by atoms with Crippen LogP contribution in [0, 0.1) is 13.8 Å². The summed E-state index contributed by atoms with van der Waals surface area (Å²) in [6.45, 7) is 3.82. The number of rotatable bonds is 4. The van der Waals surface area contributed by atoms with Gasteiger partial charge < -0.3 is 9.15 Å². The normalized spacial score (nSPS) is 10.9. The minimum absolute atomic E-state index is 0.00917. The molecule has 26 heavy (non-hydrogen) atoms. The molecule has 0 saturated heterocycles. The molecule has 134 valence electrons. The lowest BCUT2D eigenvalue weighted by Gasteiger charge is -2.10. The van der Waals surface area contributed by atoms with Gasteiger partial charge in [0.2, 0.25) is 0 Å². The maximum Gasteiger partial charge on any atom is 0.336 e. The molecule has 0 unspecified atom stereocenters. The van der Waals surface area contributed by atoms with Crippen molar-refractivity contribution >= 4 is 40.1 Å². The van der Waals surface area contributed by atoms with Crippen LogP contribution in [0.15, 0.2) is 45.6 Å². The van der Waals surface area contributed by atoms with E-state index in [0.717, 1.165) is 16.5 Å². The highest BCUT2D eigenvalue weighted by Crippen LogP contribution is 2.25. The molecule has 0 fully saturated rings. The molecule has 3 rings (SSSR count). The van der Waals surface area contributed by atoms with E-state index in [0.29, 0.717) is 26.8 Å². The number of fused-ring (bicyclic) bond motifs is 1. The Morgan fingerprint density at radius 3 is 2.58 bits per heavy atom. The van der Waals surface area contributed by atoms with Crippen LogP contribution in [0.4, 0.5) is 0 Å². The minimum atomic E-state index is -0.471. The molecule has 4 nitrogen and oxygen atoms in total. The number of ether oxygens (including phenoxy) is 1. The van der Waals surface area contributed by atoms with E-state index in [9.17, 15) is 9.59 Å². The fourth-order valence-corrected chi connectivity index (χ4v) is 2.99. The third kappa shape index (κ3) is 3.92. The highest BCUT2D eigenvalue weighted by molar-refractivity contribution is 6.42. The summed E-state index contributed by atoms with van der Waals surface area (Å²) in [5.74, 6) is -0.423. The molecule has 0 aliphatic carbocycles. The first-order chi connectivity index (χ1) is 12.3. The Hall–Kier alpha value is -2.30. The summed E-state index contributed by atoms with van der Waals surface area (Å²) < 4.78 is 10.7. The van der Waals surface area contributed by atoms with Crippen LogP contribution in [-0.2, 0) is 22.6 Å². The molecule has 1 heterocycles. The van der Waals surface area contributed by atoms with Gasteiger partial charge in [-0.1, -0.05) is 41.4 Å². The number of esters is 1. The van der Waals surface area contributed by atoms with Crippen LogP contribution in [0.5, 0.6) is 0 Å². The monoisotopic (exact) mass is 390 g/mol. The molecule has 0 saturated carbocycles. The van der Waals surface area contributed by atoms with Gasteiger partial charge in [0.05, 0.1) is 16.5 Å². The molecule has 6 heteroatoms. The Bertz CT molecular complexity index is 1050. The lowest BCUT2D eigenvalue weighted by Crippen LogP contribution is -2.10. The van der Waals surface area contributed by atoms with Crippen molar-refractivity contribution in [1.82, 2.24) is 0 Å². The second kappa shape index (κ2) is 7.52. The SMILES string of the molecule is Cc1ccc2c(COC(=O)Cc3ccc(Cl)c(Cl)c3)cc(=O)oc2c1C. The molecule has 1 aromatic heterocycles. The second-order valence-electron chi connectivity index (χ2n) is 6.06. The zero-order valence-corrected chi connectivity index (χ0v) is 15.8. The minimum Gasteiger partial charge on any atom is -0.461 e. The molecule has 0 N–H and O–H groups in total. The van der Waals surface area contributed by atoms with Gasteiger partial charge in [-0.2, -0.15) is 0 Å². The van der Waals surface area contributed by atoms with Crippen molar-refractivity contribution in [2.24, 2.45) is 0 Å². The number of benzene rings is 2. The fraction of sp³-hybridized carbons (Fsp3) is 0.200. The van der Waals surface area contributed by atoms with Gasteiger partial charge in [-0.25, -0.2) is 4.79 Å². The Morgan fingerprint density at radius 1 is 1.08 bits per heavy atom. The van der Waals surface area contributed by atoms with Crippen molar-refractivity contribution in [3.8, 4) is 0 Å². The Labute approximate surface area is 160 Å². The standard InChI is InChI=1S/C20H16Cl2O4/c1-11-3-5-15-14(9-19(24)26-20(15)12(11)2)10-25-18(23)8-13-4-6-16(21)17(22)7-13/h3-7,9H,8,10H2,1-2H3. The summed E-state index contributed by atoms with van der Waals surface area (Å²) in [6.07, 6.45) is 0.0639. The van der Waals surface area contributed by atoms with E-state index in [2.05, 4.69) is 0 Å². The molecule has 0 atom stereocenters. The van der Waals surface area contributed by atoms with E-state index in [1.54, 1.807) is 18.2 Å². The number of halogens is 2. The largest absolute Gasteiger partial charge is 0.461 e. The molecule has 0 spiro atoms. The van der Waals surface area contributed by atoms with Crippen LogP contribution in [0.1, 0.15) is 22.3 Å². The van der Waals surface area contributed by atoms with E-state index in [1.165, 1.54) is 6.07 Å². The van der Waals surface area contributed by atoms with Gasteiger partial charge in [0.15, 0.2) is 0 Å². The van der Waals surface area contributed by atoms with Gasteiger partial charge in [-0.05, 0) is 42.7 Å². The lowest BCUT2D eigenvalue weighted by atomic mass is 10.0. The number of hydrogen-bond acceptors (Lipinski definition) is 4. The van der Waals surface area contributed by atoms with Crippen molar-refractivity contribution in [3.63, 3.8) is 0 Å². The highest BCUT2D eigenvalue weighted by Gasteiger charge is 2.12. The predicted molar refractivity (Wildman–Crippen MR) is 102 cm³/mol. The van der Waals surface area contributed by atoms with Gasteiger partial charge in [0, 0.05) is 17.0 Å². The fourth-order valence-electron chi connectivity index (χ4n) is 2.67. The number of carbonyl (C=O) groups is 1. The summed E-state index contributed by atoms with van der Waals surface area (Å²) in [5.41, 5.74) is 3.28. The van der Waals surface area contributed by atoms with Gasteiger partial charge in [-0.3, -0.25) is 4.79 Å². The molecule has 0 amide bonds. The Morgan fingerprint density at radius 2 is 1.85 bits per heavy atom. The molecule has 2 aromatic carbocycles. The van der Waals surface area contributed by atoms with Crippen molar-refractivity contribution in [2.45, 2.75) is 26.9 Å². The number of hydrogen-bond donors (Lipinski definition) is 0. The summed E-state index contributed by atoms with van der Waals surface area (Å²) in [6, 6.07) is 10.1. The summed E-state index contributed by atoms with van der Waals surface area (Å²) in [7, 11) is 0. The van der Waals surface area contributed by atoms with E-state index in [-0.39, 0.29) is 13.0 Å². The summed E-state index contributed by atoms with van der Waals surface area (Å²) >= 11 is 11.8. The van der Waals surface area contributed by atoms with Gasteiger partial charge in [-0.15, -0.1) is 0 Å². The molecular weight excluding hydrogens is 375 g/mol. The van der Waals surface area contributed by atoms with Gasteiger partial charge in [0.25, 0.3) is 0 Å². The average molecular weight is 391 g/mol. The second-order valence-corrected chi connectivity index (χ2v) is 6.88. The van der Waals surface area contributed by atoms with Crippen LogP contribution < -0.4 is 5.63 Å². The molecule has 0 aliphatic rings. The Balaban J connectivity index is 1.79. The zero-order chi connectivity index (χ0) is 18.8. The average Bonchev–Trinajstić information content (AvgIpc) is 2.59. The van der Waals surface area contributed by atoms with Gasteiger partial charge in [0.1, 0.15) is 12.2 Å². The molecule has 0 aliphatic heterocycles. The van der Waals surface area contributed by atoms with Crippen molar-refractivity contribution in [2.75, 3.05) is 0 Å². The summed E-state index contributed by atoms with van der Waals surface area (Å²) in [5, 5.41) is 1.57. The lowest BCUT2D eigenvalue weighted by molar-refractivity contribution is -0.144. The smallest absolute Gasteiger partial charge is 0.336 e. The van der Waals surface area contributed by atoms with Gasteiger partial charge >= 0.3 is 11.6 Å². The third-order valence-electron chi connectivity index (χ3n) is 4.24. The third-order valence-corrected chi connectivity index (χ3v) is 4.98. The highest BCUT2D eigenvalue weighted by atomic mass is 35.5.